The van der Waals surface area contributed by atoms with Gasteiger partial charge >= 0.3 is 0 Å². The van der Waals surface area contributed by atoms with E-state index in [1.165, 1.54) is 0 Å². The van der Waals surface area contributed by atoms with E-state index in [0.29, 0.717) is 6.54 Å². The van der Waals surface area contributed by atoms with Crippen molar-refractivity contribution in [1.82, 2.24) is 0 Å². The van der Waals surface area contributed by atoms with E-state index in [1.54, 1.807) is 7.11 Å². The molecule has 0 fully saturated rings. The van der Waals surface area contributed by atoms with E-state index >= 15 is 0 Å². The molecule has 122 valence electrons. The Morgan fingerprint density at radius 1 is 1.09 bits per heavy atom. The summed E-state index contributed by atoms with van der Waals surface area (Å²) in [6.45, 7) is 18.7. The molecule has 0 unspecified atom stereocenters. The fraction of sp³-hybridized carbons (Fsp3) is 0.421. The van der Waals surface area contributed by atoms with Crippen LogP contribution in [0.4, 0.5) is 0 Å². The number of methoxy groups -OCH3 is 1. The van der Waals surface area contributed by atoms with Crippen molar-refractivity contribution in [3.05, 3.63) is 47.3 Å². The molecule has 0 aliphatic carbocycles. The Kier molecular flexibility index (Phi) is 4.72. The Morgan fingerprint density at radius 3 is 2.30 bits per heavy atom. The molecule has 0 aliphatic heterocycles. The molecule has 0 aromatic heterocycles. The molecule has 0 amide bonds. The predicted molar refractivity (Wildman–Crippen MR) is 98.6 cm³/mol. The van der Waals surface area contributed by atoms with E-state index in [-0.39, 0.29) is 5.04 Å². The summed E-state index contributed by atoms with van der Waals surface area (Å²) in [4.78, 5) is 3.54. The summed E-state index contributed by atoms with van der Waals surface area (Å²) >= 11 is 0. The molecule has 2 rings (SSSR count). The van der Waals surface area contributed by atoms with Gasteiger partial charge in [-0.15, -0.1) is 0 Å². The standard InChI is InChI=1S/C19H25NO2Si/c1-19(2,3)23(6,7)22-16-11-12-17(21-5)18-14(13-20-4)9-8-10-15(16)18/h8-12H,13H2,1-3,5-7H3. The average molecular weight is 328 g/mol. The molecule has 0 atom stereocenters. The quantitative estimate of drug-likeness (QED) is 0.535. The van der Waals surface area contributed by atoms with Crippen molar-refractivity contribution < 1.29 is 9.16 Å². The maximum atomic E-state index is 7.18. The molecule has 4 heteroatoms. The van der Waals surface area contributed by atoms with E-state index in [4.69, 9.17) is 15.7 Å². The molecule has 0 saturated carbocycles. The van der Waals surface area contributed by atoms with Crippen molar-refractivity contribution in [1.29, 1.82) is 0 Å². The second kappa shape index (κ2) is 6.25. The summed E-state index contributed by atoms with van der Waals surface area (Å²) in [5.74, 6) is 1.68. The molecular weight excluding hydrogens is 302 g/mol. The number of hydrogen-bond acceptors (Lipinski definition) is 2. The van der Waals surface area contributed by atoms with Crippen LogP contribution in [0.3, 0.4) is 0 Å². The Morgan fingerprint density at radius 2 is 1.74 bits per heavy atom. The molecule has 23 heavy (non-hydrogen) atoms. The zero-order valence-electron chi connectivity index (χ0n) is 14.9. The van der Waals surface area contributed by atoms with Gasteiger partial charge in [-0.3, -0.25) is 0 Å². The second-order valence-electron chi connectivity index (χ2n) is 7.28. The van der Waals surface area contributed by atoms with Crippen LogP contribution in [0.25, 0.3) is 15.6 Å². The van der Waals surface area contributed by atoms with Crippen LogP contribution in [0, 0.1) is 6.57 Å². The van der Waals surface area contributed by atoms with E-state index in [0.717, 1.165) is 27.8 Å². The van der Waals surface area contributed by atoms with Gasteiger partial charge in [0.1, 0.15) is 11.5 Å². The topological polar surface area (TPSA) is 22.8 Å². The highest BCUT2D eigenvalue weighted by Crippen LogP contribution is 2.41. The van der Waals surface area contributed by atoms with Crippen molar-refractivity contribution >= 4 is 19.1 Å². The number of hydrogen-bond donors (Lipinski definition) is 0. The normalized spacial score (nSPS) is 12.0. The zero-order valence-corrected chi connectivity index (χ0v) is 15.9. The predicted octanol–water partition coefficient (Wildman–Crippen LogP) is 5.65. The first-order valence-electron chi connectivity index (χ1n) is 7.82. The van der Waals surface area contributed by atoms with Gasteiger partial charge < -0.3 is 14.0 Å². The van der Waals surface area contributed by atoms with Gasteiger partial charge in [0.25, 0.3) is 8.32 Å². The van der Waals surface area contributed by atoms with Crippen molar-refractivity contribution in [2.75, 3.05) is 7.11 Å². The number of fused-ring (bicyclic) bond motifs is 1. The second-order valence-corrected chi connectivity index (χ2v) is 12.0. The molecule has 0 spiro atoms. The Labute approximate surface area is 140 Å². The van der Waals surface area contributed by atoms with Crippen LogP contribution < -0.4 is 9.16 Å². The first-order chi connectivity index (χ1) is 10.7. The van der Waals surface area contributed by atoms with Gasteiger partial charge in [0, 0.05) is 16.3 Å². The van der Waals surface area contributed by atoms with E-state index in [1.807, 2.05) is 30.3 Å². The summed E-state index contributed by atoms with van der Waals surface area (Å²) in [7, 11) is -0.263. The minimum atomic E-state index is -1.93. The van der Waals surface area contributed by atoms with Gasteiger partial charge in [-0.25, -0.2) is 6.57 Å². The van der Waals surface area contributed by atoms with Crippen LogP contribution >= 0.6 is 0 Å². The van der Waals surface area contributed by atoms with Gasteiger partial charge in [0.2, 0.25) is 6.54 Å². The summed E-state index contributed by atoms with van der Waals surface area (Å²) < 4.78 is 12.0. The van der Waals surface area contributed by atoms with Gasteiger partial charge in [0.05, 0.1) is 7.11 Å². The summed E-state index contributed by atoms with van der Waals surface area (Å²) in [5, 5.41) is 2.14. The van der Waals surface area contributed by atoms with Gasteiger partial charge in [0.15, 0.2) is 0 Å². The lowest BCUT2D eigenvalue weighted by atomic mass is 10.0. The maximum absolute atomic E-state index is 7.18. The highest BCUT2D eigenvalue weighted by Gasteiger charge is 2.39. The summed E-state index contributed by atoms with van der Waals surface area (Å²) in [6.07, 6.45) is 0. The first-order valence-corrected chi connectivity index (χ1v) is 10.7. The van der Waals surface area contributed by atoms with Crippen LogP contribution in [-0.4, -0.2) is 15.4 Å². The molecule has 3 nitrogen and oxygen atoms in total. The number of nitrogens with zero attached hydrogens (tertiary/aromatic N) is 1. The third-order valence-electron chi connectivity index (χ3n) is 4.69. The Balaban J connectivity index is 2.64. The van der Waals surface area contributed by atoms with Crippen molar-refractivity contribution in [2.45, 2.75) is 45.4 Å². The third-order valence-corrected chi connectivity index (χ3v) is 9.03. The van der Waals surface area contributed by atoms with Crippen LogP contribution in [0.2, 0.25) is 18.1 Å². The fourth-order valence-corrected chi connectivity index (χ4v) is 3.36. The SMILES string of the molecule is [C-]#[N+]Cc1cccc2c(O[Si](C)(C)C(C)(C)C)ccc(OC)c12. The van der Waals surface area contributed by atoms with Gasteiger partial charge in [-0.2, -0.15) is 0 Å². The minimum Gasteiger partial charge on any atom is -0.543 e. The molecule has 0 saturated heterocycles. The highest BCUT2D eigenvalue weighted by molar-refractivity contribution is 6.74. The number of rotatable bonds is 4. The lowest BCUT2D eigenvalue weighted by Crippen LogP contribution is -2.43. The maximum Gasteiger partial charge on any atom is 0.250 e. The summed E-state index contributed by atoms with van der Waals surface area (Å²) in [5.41, 5.74) is 0.982. The molecule has 2 aromatic carbocycles. The monoisotopic (exact) mass is 327 g/mol. The van der Waals surface area contributed by atoms with E-state index in [2.05, 4.69) is 38.7 Å². The molecule has 2 aromatic rings. The van der Waals surface area contributed by atoms with Crippen LogP contribution in [-0.2, 0) is 6.54 Å². The smallest absolute Gasteiger partial charge is 0.250 e. The Hall–Kier alpha value is -1.99. The fourth-order valence-electron chi connectivity index (χ4n) is 2.32. The van der Waals surface area contributed by atoms with Gasteiger partial charge in [-0.1, -0.05) is 39.0 Å². The van der Waals surface area contributed by atoms with Crippen LogP contribution in [0.1, 0.15) is 26.3 Å². The molecule has 0 bridgehead atoms. The van der Waals surface area contributed by atoms with Crippen molar-refractivity contribution in [3.8, 4) is 11.5 Å². The molecule has 0 radical (unpaired) electrons. The lowest BCUT2D eigenvalue weighted by molar-refractivity contribution is 0.418. The molecule has 0 N–H and O–H groups in total. The highest BCUT2D eigenvalue weighted by atomic mass is 28.4. The van der Waals surface area contributed by atoms with E-state index in [9.17, 15) is 0 Å². The lowest BCUT2D eigenvalue weighted by Gasteiger charge is -2.36. The first kappa shape index (κ1) is 17.4. The summed E-state index contributed by atoms with van der Waals surface area (Å²) in [6, 6.07) is 9.95. The number of ether oxygens (including phenoxy) is 1. The van der Waals surface area contributed by atoms with Crippen molar-refractivity contribution in [3.63, 3.8) is 0 Å². The third kappa shape index (κ3) is 3.35. The zero-order chi connectivity index (χ0) is 17.3. The van der Waals surface area contributed by atoms with Crippen LogP contribution in [0.15, 0.2) is 30.3 Å². The largest absolute Gasteiger partial charge is 0.543 e. The Bertz CT molecular complexity index is 754. The molecule has 0 aliphatic rings. The number of benzene rings is 2. The minimum absolute atomic E-state index is 0.132. The van der Waals surface area contributed by atoms with Crippen LogP contribution in [0.5, 0.6) is 11.5 Å². The van der Waals surface area contributed by atoms with Gasteiger partial charge in [-0.05, 0) is 30.3 Å². The van der Waals surface area contributed by atoms with Crippen molar-refractivity contribution in [2.24, 2.45) is 0 Å². The molecule has 0 heterocycles. The molecular formula is C19H25NO2Si. The average Bonchev–Trinajstić information content (AvgIpc) is 2.47. The van der Waals surface area contributed by atoms with E-state index < -0.39 is 8.32 Å².